The van der Waals surface area contributed by atoms with E-state index in [0.717, 1.165) is 12.0 Å². The fourth-order valence-corrected chi connectivity index (χ4v) is 2.13. The van der Waals surface area contributed by atoms with E-state index in [4.69, 9.17) is 4.74 Å². The van der Waals surface area contributed by atoms with E-state index >= 15 is 0 Å². The smallest absolute Gasteiger partial charge is 0.331 e. The first kappa shape index (κ1) is 10.1. The lowest BCUT2D eigenvalue weighted by Crippen LogP contribution is -2.12. The summed E-state index contributed by atoms with van der Waals surface area (Å²) in [6.45, 7) is 0. The van der Waals surface area contributed by atoms with Crippen molar-refractivity contribution in [1.29, 1.82) is 0 Å². The van der Waals surface area contributed by atoms with Crippen LogP contribution >= 0.6 is 0 Å². The van der Waals surface area contributed by atoms with E-state index in [2.05, 4.69) is 24.3 Å². The minimum atomic E-state index is -0.255. The van der Waals surface area contributed by atoms with Gasteiger partial charge in [0, 0.05) is 12.5 Å². The lowest BCUT2D eigenvalue weighted by Gasteiger charge is -2.19. The molecule has 0 spiro atoms. The second-order valence-electron chi connectivity index (χ2n) is 4.17. The second kappa shape index (κ2) is 4.06. The van der Waals surface area contributed by atoms with Gasteiger partial charge in [-0.3, -0.25) is 0 Å². The van der Waals surface area contributed by atoms with Gasteiger partial charge in [0.05, 0.1) is 0 Å². The molecule has 2 heteroatoms. The monoisotopic (exact) mass is 224 g/mol. The first-order valence-corrected chi connectivity index (χ1v) is 5.69. The first-order valence-electron chi connectivity index (χ1n) is 5.69. The highest BCUT2D eigenvalue weighted by molar-refractivity contribution is 5.84. The predicted octanol–water partition coefficient (Wildman–Crippen LogP) is 3.38. The Hall–Kier alpha value is -2.09. The highest BCUT2D eigenvalue weighted by Crippen LogP contribution is 2.27. The second-order valence-corrected chi connectivity index (χ2v) is 4.17. The van der Waals surface area contributed by atoms with Gasteiger partial charge >= 0.3 is 5.97 Å². The lowest BCUT2D eigenvalue weighted by molar-refractivity contribution is -0.144. The van der Waals surface area contributed by atoms with Gasteiger partial charge in [0.1, 0.15) is 6.10 Å². The first-order chi connectivity index (χ1) is 8.33. The molecular weight excluding hydrogens is 212 g/mol. The normalized spacial score (nSPS) is 19.3. The van der Waals surface area contributed by atoms with Gasteiger partial charge in [-0.05, 0) is 22.4 Å². The molecule has 1 aliphatic rings. The van der Waals surface area contributed by atoms with Crippen LogP contribution < -0.4 is 0 Å². The van der Waals surface area contributed by atoms with Gasteiger partial charge in [-0.2, -0.15) is 0 Å². The molecule has 3 rings (SSSR count). The van der Waals surface area contributed by atoms with Crippen LogP contribution in [0.2, 0.25) is 0 Å². The van der Waals surface area contributed by atoms with Crippen LogP contribution in [0.5, 0.6) is 0 Å². The molecule has 2 aromatic carbocycles. The Morgan fingerprint density at radius 1 is 1.06 bits per heavy atom. The SMILES string of the molecule is O=C1C=CC[C@H](c2ccc3ccccc3c2)O1. The average Bonchev–Trinajstić information content (AvgIpc) is 2.38. The molecule has 0 amide bonds. The molecule has 0 unspecified atom stereocenters. The number of ether oxygens (including phenoxy) is 1. The van der Waals surface area contributed by atoms with E-state index < -0.39 is 0 Å². The maximum Gasteiger partial charge on any atom is 0.331 e. The molecule has 1 aliphatic heterocycles. The van der Waals surface area contributed by atoms with Gasteiger partial charge < -0.3 is 4.74 Å². The van der Waals surface area contributed by atoms with Gasteiger partial charge in [0.2, 0.25) is 0 Å². The number of esters is 1. The van der Waals surface area contributed by atoms with Crippen LogP contribution in [0.4, 0.5) is 0 Å². The Bertz CT molecular complexity index is 599. The van der Waals surface area contributed by atoms with E-state index in [1.165, 1.54) is 16.8 Å². The Balaban J connectivity index is 2.00. The zero-order chi connectivity index (χ0) is 11.7. The van der Waals surface area contributed by atoms with Crippen molar-refractivity contribution >= 4 is 16.7 Å². The third kappa shape index (κ3) is 1.94. The summed E-state index contributed by atoms with van der Waals surface area (Å²) in [5.41, 5.74) is 1.06. The van der Waals surface area contributed by atoms with E-state index in [-0.39, 0.29) is 12.1 Å². The van der Waals surface area contributed by atoms with E-state index in [0.29, 0.717) is 0 Å². The number of carbonyl (C=O) groups is 1. The van der Waals surface area contributed by atoms with Gasteiger partial charge in [0.25, 0.3) is 0 Å². The van der Waals surface area contributed by atoms with Crippen molar-refractivity contribution in [1.82, 2.24) is 0 Å². The van der Waals surface area contributed by atoms with Crippen molar-refractivity contribution in [3.8, 4) is 0 Å². The van der Waals surface area contributed by atoms with Crippen LogP contribution in [0.3, 0.4) is 0 Å². The zero-order valence-electron chi connectivity index (χ0n) is 9.30. The van der Waals surface area contributed by atoms with Crippen molar-refractivity contribution < 1.29 is 9.53 Å². The number of carbonyl (C=O) groups excluding carboxylic acids is 1. The summed E-state index contributed by atoms with van der Waals surface area (Å²) in [6, 6.07) is 14.4. The summed E-state index contributed by atoms with van der Waals surface area (Å²) in [5.74, 6) is -0.255. The summed E-state index contributed by atoms with van der Waals surface area (Å²) >= 11 is 0. The van der Waals surface area contributed by atoms with Gasteiger partial charge in [-0.25, -0.2) is 4.79 Å². The van der Waals surface area contributed by atoms with Crippen LogP contribution in [0.1, 0.15) is 18.1 Å². The third-order valence-corrected chi connectivity index (χ3v) is 3.01. The largest absolute Gasteiger partial charge is 0.454 e. The van der Waals surface area contributed by atoms with Crippen molar-refractivity contribution in [3.63, 3.8) is 0 Å². The van der Waals surface area contributed by atoms with Crippen LogP contribution in [0, 0.1) is 0 Å². The summed E-state index contributed by atoms with van der Waals surface area (Å²) < 4.78 is 5.30. The molecule has 0 saturated carbocycles. The Morgan fingerprint density at radius 2 is 1.88 bits per heavy atom. The molecule has 0 aromatic heterocycles. The lowest BCUT2D eigenvalue weighted by atomic mass is 10.0. The molecule has 0 radical (unpaired) electrons. The van der Waals surface area contributed by atoms with Crippen molar-refractivity contribution in [2.75, 3.05) is 0 Å². The molecule has 0 N–H and O–H groups in total. The Morgan fingerprint density at radius 3 is 2.71 bits per heavy atom. The number of hydrogen-bond donors (Lipinski definition) is 0. The fraction of sp³-hybridized carbons (Fsp3) is 0.133. The van der Waals surface area contributed by atoms with E-state index in [1.807, 2.05) is 24.3 Å². The van der Waals surface area contributed by atoms with Crippen LogP contribution in [-0.2, 0) is 9.53 Å². The third-order valence-electron chi connectivity index (χ3n) is 3.01. The molecule has 0 fully saturated rings. The predicted molar refractivity (Wildman–Crippen MR) is 66.5 cm³/mol. The van der Waals surface area contributed by atoms with Gasteiger partial charge in [-0.1, -0.05) is 42.5 Å². The molecular formula is C15H12O2. The van der Waals surface area contributed by atoms with Crippen molar-refractivity contribution in [3.05, 3.63) is 60.2 Å². The van der Waals surface area contributed by atoms with Crippen molar-refractivity contribution in [2.24, 2.45) is 0 Å². The number of cyclic esters (lactones) is 1. The molecule has 0 saturated heterocycles. The van der Waals surface area contributed by atoms with Crippen LogP contribution in [0.25, 0.3) is 10.8 Å². The minimum Gasteiger partial charge on any atom is -0.454 e. The maximum absolute atomic E-state index is 11.2. The molecule has 0 bridgehead atoms. The molecule has 17 heavy (non-hydrogen) atoms. The molecule has 84 valence electrons. The van der Waals surface area contributed by atoms with E-state index in [9.17, 15) is 4.79 Å². The van der Waals surface area contributed by atoms with Gasteiger partial charge in [0.15, 0.2) is 0 Å². The van der Waals surface area contributed by atoms with Crippen molar-refractivity contribution in [2.45, 2.75) is 12.5 Å². The molecule has 0 aliphatic carbocycles. The molecule has 1 heterocycles. The number of fused-ring (bicyclic) bond motifs is 1. The maximum atomic E-state index is 11.2. The van der Waals surface area contributed by atoms with E-state index in [1.54, 1.807) is 0 Å². The molecule has 2 aromatic rings. The summed E-state index contributed by atoms with van der Waals surface area (Å²) in [4.78, 5) is 11.2. The average molecular weight is 224 g/mol. The van der Waals surface area contributed by atoms with Gasteiger partial charge in [-0.15, -0.1) is 0 Å². The summed E-state index contributed by atoms with van der Waals surface area (Å²) in [6.07, 6.45) is 3.96. The highest BCUT2D eigenvalue weighted by Gasteiger charge is 2.17. The fourth-order valence-electron chi connectivity index (χ4n) is 2.13. The molecule has 1 atom stereocenters. The Labute approximate surface area is 99.5 Å². The van der Waals surface area contributed by atoms with Crippen LogP contribution in [-0.4, -0.2) is 5.97 Å². The van der Waals surface area contributed by atoms with Crippen LogP contribution in [0.15, 0.2) is 54.6 Å². The number of hydrogen-bond acceptors (Lipinski definition) is 2. The Kier molecular flexibility index (Phi) is 2.41. The quantitative estimate of drug-likeness (QED) is 0.694. The number of rotatable bonds is 1. The zero-order valence-corrected chi connectivity index (χ0v) is 9.30. The standard InChI is InChI=1S/C15H12O2/c16-15-7-3-6-14(17-15)13-9-8-11-4-1-2-5-12(11)10-13/h1-5,7-10,14H,6H2/t14-/m1/s1. The highest BCUT2D eigenvalue weighted by atomic mass is 16.5. The summed E-state index contributed by atoms with van der Waals surface area (Å²) in [7, 11) is 0. The topological polar surface area (TPSA) is 26.3 Å². The molecule has 2 nitrogen and oxygen atoms in total. The number of benzene rings is 2. The summed E-state index contributed by atoms with van der Waals surface area (Å²) in [5, 5.41) is 2.38. The minimum absolute atomic E-state index is 0.142.